The third-order valence-corrected chi connectivity index (χ3v) is 0.960. The van der Waals surface area contributed by atoms with Crippen LogP contribution in [-0.2, 0) is 0 Å². The summed E-state index contributed by atoms with van der Waals surface area (Å²) in [4.78, 5) is 3.68. The van der Waals surface area contributed by atoms with E-state index in [1.54, 1.807) is 12.3 Å². The third-order valence-electron chi connectivity index (χ3n) is 0.960. The van der Waals surface area contributed by atoms with Gasteiger partial charge in [-0.1, -0.05) is 0 Å². The SMILES string of the molecule is N#C[C@H]1C=CN=C1N. The highest BCUT2D eigenvalue weighted by atomic mass is 14.9. The highest BCUT2D eigenvalue weighted by Crippen LogP contribution is 2.03. The van der Waals surface area contributed by atoms with Gasteiger partial charge in [0.2, 0.25) is 0 Å². The Morgan fingerprint density at radius 1 is 1.88 bits per heavy atom. The summed E-state index contributed by atoms with van der Waals surface area (Å²) in [5.74, 6) is 0.113. The van der Waals surface area contributed by atoms with E-state index in [2.05, 4.69) is 4.99 Å². The van der Waals surface area contributed by atoms with E-state index < -0.39 is 0 Å². The van der Waals surface area contributed by atoms with Crippen LogP contribution in [0.5, 0.6) is 0 Å². The van der Waals surface area contributed by atoms with Crippen molar-refractivity contribution in [1.29, 1.82) is 5.26 Å². The van der Waals surface area contributed by atoms with E-state index in [0.29, 0.717) is 5.84 Å². The minimum atomic E-state index is -0.282. The lowest BCUT2D eigenvalue weighted by atomic mass is 10.2. The van der Waals surface area contributed by atoms with Crippen LogP contribution in [0.25, 0.3) is 0 Å². The van der Waals surface area contributed by atoms with Crippen molar-refractivity contribution < 1.29 is 0 Å². The molecule has 0 aromatic carbocycles. The van der Waals surface area contributed by atoms with Crippen LogP contribution in [0.3, 0.4) is 0 Å². The molecule has 2 N–H and O–H groups in total. The zero-order chi connectivity index (χ0) is 5.98. The number of nitrogens with zero attached hydrogens (tertiary/aromatic N) is 2. The lowest BCUT2D eigenvalue weighted by Crippen LogP contribution is -2.17. The molecule has 1 aliphatic rings. The highest BCUT2D eigenvalue weighted by Gasteiger charge is 2.10. The predicted molar refractivity (Wildman–Crippen MR) is 29.9 cm³/mol. The van der Waals surface area contributed by atoms with Crippen molar-refractivity contribution >= 4 is 5.84 Å². The molecule has 0 bridgehead atoms. The van der Waals surface area contributed by atoms with Crippen molar-refractivity contribution in [2.75, 3.05) is 0 Å². The van der Waals surface area contributed by atoms with Crippen LogP contribution >= 0.6 is 0 Å². The van der Waals surface area contributed by atoms with Crippen molar-refractivity contribution in [3.8, 4) is 6.07 Å². The van der Waals surface area contributed by atoms with E-state index in [-0.39, 0.29) is 5.92 Å². The molecule has 1 atom stereocenters. The van der Waals surface area contributed by atoms with Gasteiger partial charge in [-0.25, -0.2) is 4.99 Å². The summed E-state index contributed by atoms with van der Waals surface area (Å²) in [6.45, 7) is 0. The molecular weight excluding hydrogens is 102 g/mol. The molecule has 1 heterocycles. The monoisotopic (exact) mass is 107 g/mol. The molecule has 0 saturated heterocycles. The van der Waals surface area contributed by atoms with Gasteiger partial charge in [-0.2, -0.15) is 5.26 Å². The highest BCUT2D eigenvalue weighted by molar-refractivity contribution is 5.89. The van der Waals surface area contributed by atoms with Crippen LogP contribution in [0, 0.1) is 17.2 Å². The van der Waals surface area contributed by atoms with Crippen molar-refractivity contribution in [1.82, 2.24) is 0 Å². The molecule has 3 heteroatoms. The fourth-order valence-corrected chi connectivity index (χ4v) is 0.503. The van der Waals surface area contributed by atoms with Crippen LogP contribution < -0.4 is 5.73 Å². The van der Waals surface area contributed by atoms with Crippen molar-refractivity contribution in [3.05, 3.63) is 12.3 Å². The van der Waals surface area contributed by atoms with Crippen molar-refractivity contribution in [3.63, 3.8) is 0 Å². The number of hydrogen-bond acceptors (Lipinski definition) is 3. The average molecular weight is 107 g/mol. The van der Waals surface area contributed by atoms with Crippen molar-refractivity contribution in [2.24, 2.45) is 16.6 Å². The maximum absolute atomic E-state index is 8.27. The molecule has 1 aliphatic heterocycles. The molecule has 0 aromatic heterocycles. The van der Waals surface area contributed by atoms with Gasteiger partial charge in [-0.05, 0) is 6.08 Å². The maximum Gasteiger partial charge on any atom is 0.123 e. The van der Waals surface area contributed by atoms with E-state index in [1.807, 2.05) is 6.07 Å². The van der Waals surface area contributed by atoms with Crippen LogP contribution in [-0.4, -0.2) is 5.84 Å². The zero-order valence-electron chi connectivity index (χ0n) is 4.20. The van der Waals surface area contributed by atoms with E-state index in [9.17, 15) is 0 Å². The number of hydrogen-bond donors (Lipinski definition) is 1. The second-order valence-corrected chi connectivity index (χ2v) is 1.50. The molecule has 0 aromatic rings. The first kappa shape index (κ1) is 4.85. The predicted octanol–water partition coefficient (Wildman–Crippen LogP) is 0.0107. The van der Waals surface area contributed by atoms with Gasteiger partial charge < -0.3 is 5.73 Å². The van der Waals surface area contributed by atoms with Crippen LogP contribution in [0.15, 0.2) is 17.3 Å². The Labute approximate surface area is 47.1 Å². The molecule has 0 saturated carbocycles. The smallest absolute Gasteiger partial charge is 0.123 e. The Kier molecular flexibility index (Phi) is 1.01. The van der Waals surface area contributed by atoms with Gasteiger partial charge in [-0.15, -0.1) is 0 Å². The summed E-state index contributed by atoms with van der Waals surface area (Å²) in [5, 5.41) is 8.27. The van der Waals surface area contributed by atoms with Gasteiger partial charge in [0.1, 0.15) is 11.8 Å². The van der Waals surface area contributed by atoms with E-state index in [1.165, 1.54) is 0 Å². The first-order valence-electron chi connectivity index (χ1n) is 2.24. The van der Waals surface area contributed by atoms with Gasteiger partial charge in [0.05, 0.1) is 6.07 Å². The van der Waals surface area contributed by atoms with E-state index >= 15 is 0 Å². The standard InChI is InChI=1S/C5H5N3/c6-3-4-1-2-8-5(4)7/h1-2,4H,(H2,7,8)/t4-/m1/s1. The van der Waals surface area contributed by atoms with E-state index in [0.717, 1.165) is 0 Å². The number of aliphatic imine (C=N–C) groups is 1. The van der Waals surface area contributed by atoms with Gasteiger partial charge in [0.15, 0.2) is 0 Å². The second-order valence-electron chi connectivity index (χ2n) is 1.50. The minimum absolute atomic E-state index is 0.282. The number of rotatable bonds is 0. The van der Waals surface area contributed by atoms with Gasteiger partial charge in [0.25, 0.3) is 0 Å². The number of amidine groups is 1. The topological polar surface area (TPSA) is 62.2 Å². The third kappa shape index (κ3) is 0.562. The van der Waals surface area contributed by atoms with Crippen LogP contribution in [0.4, 0.5) is 0 Å². The molecule has 0 amide bonds. The minimum Gasteiger partial charge on any atom is -0.386 e. The summed E-state index contributed by atoms with van der Waals surface area (Å²) in [6, 6.07) is 1.97. The van der Waals surface area contributed by atoms with Crippen LogP contribution in [0.1, 0.15) is 0 Å². The van der Waals surface area contributed by atoms with Gasteiger partial charge in [-0.3, -0.25) is 0 Å². The molecule has 3 nitrogen and oxygen atoms in total. The quantitative estimate of drug-likeness (QED) is 0.474. The average Bonchev–Trinajstić information content (AvgIpc) is 2.14. The summed E-state index contributed by atoms with van der Waals surface area (Å²) in [5.41, 5.74) is 5.25. The largest absolute Gasteiger partial charge is 0.386 e. The van der Waals surface area contributed by atoms with Gasteiger partial charge >= 0.3 is 0 Å². The molecule has 1 rings (SSSR count). The van der Waals surface area contributed by atoms with E-state index in [4.69, 9.17) is 11.0 Å². The zero-order valence-corrected chi connectivity index (χ0v) is 4.20. The summed E-state index contributed by atoms with van der Waals surface area (Å²) in [7, 11) is 0. The Hall–Kier alpha value is -1.30. The second kappa shape index (κ2) is 1.66. The molecule has 40 valence electrons. The Bertz CT molecular complexity index is 184. The Balaban J connectivity index is 2.76. The first-order chi connectivity index (χ1) is 3.84. The number of nitriles is 1. The summed E-state index contributed by atoms with van der Waals surface area (Å²) >= 11 is 0. The fraction of sp³-hybridized carbons (Fsp3) is 0.200. The summed E-state index contributed by atoms with van der Waals surface area (Å²) < 4.78 is 0. The van der Waals surface area contributed by atoms with Crippen molar-refractivity contribution in [2.45, 2.75) is 0 Å². The lowest BCUT2D eigenvalue weighted by Gasteiger charge is -1.91. The fourth-order valence-electron chi connectivity index (χ4n) is 0.503. The molecule has 0 fully saturated rings. The Morgan fingerprint density at radius 3 is 2.88 bits per heavy atom. The lowest BCUT2D eigenvalue weighted by molar-refractivity contribution is 1.15. The molecule has 0 aliphatic carbocycles. The molecule has 0 unspecified atom stereocenters. The Morgan fingerprint density at radius 2 is 2.62 bits per heavy atom. The molecule has 0 spiro atoms. The first-order valence-corrected chi connectivity index (χ1v) is 2.24. The van der Waals surface area contributed by atoms with Gasteiger partial charge in [0, 0.05) is 6.20 Å². The molecule has 8 heavy (non-hydrogen) atoms. The molecular formula is C5H5N3. The molecule has 0 radical (unpaired) electrons. The van der Waals surface area contributed by atoms with Crippen LogP contribution in [0.2, 0.25) is 0 Å². The number of nitrogens with two attached hydrogens (primary N) is 1. The maximum atomic E-state index is 8.27. The summed E-state index contributed by atoms with van der Waals surface area (Å²) in [6.07, 6.45) is 3.21. The normalized spacial score (nSPS) is 24.9.